The van der Waals surface area contributed by atoms with Crippen molar-refractivity contribution >= 4 is 23.6 Å². The van der Waals surface area contributed by atoms with E-state index in [-0.39, 0.29) is 17.8 Å². The van der Waals surface area contributed by atoms with E-state index in [4.69, 9.17) is 0 Å². The molecule has 0 unspecified atom stereocenters. The summed E-state index contributed by atoms with van der Waals surface area (Å²) in [5, 5.41) is 9.65. The summed E-state index contributed by atoms with van der Waals surface area (Å²) < 4.78 is 0. The van der Waals surface area contributed by atoms with E-state index < -0.39 is 0 Å². The third-order valence-electron chi connectivity index (χ3n) is 9.03. The normalized spacial score (nSPS) is 27.1. The van der Waals surface area contributed by atoms with E-state index in [1.54, 1.807) is 5.57 Å². The lowest BCUT2D eigenvalue weighted by Crippen LogP contribution is -2.35. The minimum atomic E-state index is -0.292. The van der Waals surface area contributed by atoms with E-state index >= 15 is 0 Å². The third-order valence-corrected chi connectivity index (χ3v) is 9.03. The first-order valence-electron chi connectivity index (χ1n) is 17.4. The van der Waals surface area contributed by atoms with Crippen LogP contribution < -0.4 is 0 Å². The van der Waals surface area contributed by atoms with Crippen molar-refractivity contribution in [2.75, 3.05) is 13.1 Å². The second-order valence-corrected chi connectivity index (χ2v) is 12.7. The van der Waals surface area contributed by atoms with Gasteiger partial charge in [0, 0.05) is 37.1 Å². The van der Waals surface area contributed by atoms with Crippen LogP contribution in [0.3, 0.4) is 0 Å². The van der Waals surface area contributed by atoms with Crippen molar-refractivity contribution in [3.05, 3.63) is 107 Å². The van der Waals surface area contributed by atoms with Gasteiger partial charge < -0.3 is 10.0 Å². The number of aliphatic imine (C=N–C) groups is 1. The Hall–Kier alpha value is -3.50. The molecule has 0 amide bonds. The van der Waals surface area contributed by atoms with Crippen LogP contribution in [0.25, 0.3) is 11.6 Å². The molecule has 1 aromatic carbocycles. The zero-order chi connectivity index (χ0) is 31.9. The van der Waals surface area contributed by atoms with Crippen LogP contribution in [0.1, 0.15) is 109 Å². The highest BCUT2D eigenvalue weighted by atomic mass is 16.3. The summed E-state index contributed by atoms with van der Waals surface area (Å²) in [7, 11) is 0. The maximum absolute atomic E-state index is 12.9. The third kappa shape index (κ3) is 10.8. The Morgan fingerprint density at radius 2 is 1.82 bits per heavy atom. The molecule has 0 spiro atoms. The molecule has 45 heavy (non-hydrogen) atoms. The Morgan fingerprint density at radius 3 is 2.56 bits per heavy atom. The lowest BCUT2D eigenvalue weighted by Gasteiger charge is -2.32. The summed E-state index contributed by atoms with van der Waals surface area (Å²) in [6.07, 6.45) is 33.2. The summed E-state index contributed by atoms with van der Waals surface area (Å²) in [6, 6.07) is 8.92. The molecule has 1 fully saturated rings. The molecular formula is C41H54N2O2. The van der Waals surface area contributed by atoms with Crippen LogP contribution in [0.2, 0.25) is 0 Å². The lowest BCUT2D eigenvalue weighted by atomic mass is 9.76. The number of carbonyl (C=O) groups excluding carboxylic acids is 1. The Kier molecular flexibility index (Phi) is 14.1. The molecule has 0 bridgehead atoms. The molecular weight excluding hydrogens is 552 g/mol. The van der Waals surface area contributed by atoms with Gasteiger partial charge in [0.2, 0.25) is 0 Å². The van der Waals surface area contributed by atoms with Crippen LogP contribution in [-0.4, -0.2) is 41.2 Å². The van der Waals surface area contributed by atoms with Gasteiger partial charge in [-0.15, -0.1) is 0 Å². The van der Waals surface area contributed by atoms with Crippen molar-refractivity contribution in [2.24, 2.45) is 10.9 Å². The van der Waals surface area contributed by atoms with Gasteiger partial charge in [-0.25, -0.2) is 0 Å². The largest absolute Gasteiger partial charge is 0.393 e. The van der Waals surface area contributed by atoms with E-state index in [1.165, 1.54) is 53.7 Å². The number of benzene rings is 1. The number of carbonyl (C=O) groups is 1. The van der Waals surface area contributed by atoms with E-state index in [1.807, 2.05) is 12.4 Å². The zero-order valence-corrected chi connectivity index (χ0v) is 27.9. The van der Waals surface area contributed by atoms with Crippen molar-refractivity contribution in [2.45, 2.75) is 104 Å². The molecule has 2 aliphatic heterocycles. The van der Waals surface area contributed by atoms with E-state index in [0.717, 1.165) is 57.2 Å². The van der Waals surface area contributed by atoms with Crippen molar-refractivity contribution in [3.8, 4) is 0 Å². The Morgan fingerprint density at radius 1 is 1.04 bits per heavy atom. The molecule has 0 aromatic heterocycles. The number of Topliss-reactive ketones (excluding diaryl/α,β-unsaturated/α-hetero) is 1. The van der Waals surface area contributed by atoms with Gasteiger partial charge in [-0.2, -0.15) is 0 Å². The Labute approximate surface area is 272 Å². The molecule has 1 saturated carbocycles. The van der Waals surface area contributed by atoms with Gasteiger partial charge >= 0.3 is 0 Å². The maximum atomic E-state index is 12.9. The van der Waals surface area contributed by atoms with Gasteiger partial charge in [-0.1, -0.05) is 93.0 Å². The molecule has 4 nitrogen and oxygen atoms in total. The number of unbranched alkanes of at least 4 members (excludes halogenated alkanes) is 1. The molecule has 1 aromatic rings. The summed E-state index contributed by atoms with van der Waals surface area (Å²) >= 11 is 0. The molecule has 4 heteroatoms. The fourth-order valence-corrected chi connectivity index (χ4v) is 6.49. The number of hydrogen-bond donors (Lipinski definition) is 1. The highest BCUT2D eigenvalue weighted by Crippen LogP contribution is 2.32. The highest BCUT2D eigenvalue weighted by molar-refractivity contribution is 5.97. The van der Waals surface area contributed by atoms with E-state index in [9.17, 15) is 9.90 Å². The van der Waals surface area contributed by atoms with Crippen LogP contribution in [0.5, 0.6) is 0 Å². The molecule has 240 valence electrons. The molecule has 0 atom stereocenters. The summed E-state index contributed by atoms with van der Waals surface area (Å²) in [6.45, 7) is 8.48. The lowest BCUT2D eigenvalue weighted by molar-refractivity contribution is -0.125. The quantitative estimate of drug-likeness (QED) is 0.190. The van der Waals surface area contributed by atoms with Crippen molar-refractivity contribution < 1.29 is 9.90 Å². The second kappa shape index (κ2) is 18.5. The van der Waals surface area contributed by atoms with E-state index in [2.05, 4.69) is 104 Å². The van der Waals surface area contributed by atoms with Gasteiger partial charge in [-0.05, 0) is 111 Å². The Balaban J connectivity index is 1.43. The molecule has 3 aliphatic rings. The predicted octanol–water partition coefficient (Wildman–Crippen LogP) is 9.96. The first kappa shape index (κ1) is 34.4. The fourth-order valence-electron chi connectivity index (χ4n) is 6.49. The van der Waals surface area contributed by atoms with E-state index in [0.29, 0.717) is 12.8 Å². The van der Waals surface area contributed by atoms with Gasteiger partial charge in [0.25, 0.3) is 0 Å². The number of rotatable bonds is 12. The summed E-state index contributed by atoms with van der Waals surface area (Å²) in [5.41, 5.74) is 8.64. The van der Waals surface area contributed by atoms with Crippen LogP contribution in [0.4, 0.5) is 0 Å². The topological polar surface area (TPSA) is 52.9 Å². The SMILES string of the molecule is CCCC(=CCC/C=C/c1ccc(C2=C/C/C=C/N=C\C=C(N3CC/C=C(\C(=O)[C@H]4C[C@H](O)C4)CCC3)\C(C)=C\2)cc1)CCC. The van der Waals surface area contributed by atoms with Crippen LogP contribution in [-0.2, 0) is 4.79 Å². The van der Waals surface area contributed by atoms with Crippen LogP contribution >= 0.6 is 0 Å². The minimum absolute atomic E-state index is 0.0213. The smallest absolute Gasteiger partial charge is 0.161 e. The molecule has 4 rings (SSSR count). The monoisotopic (exact) mass is 606 g/mol. The van der Waals surface area contributed by atoms with Crippen molar-refractivity contribution in [1.29, 1.82) is 0 Å². The first-order valence-corrected chi connectivity index (χ1v) is 17.4. The molecule has 1 aliphatic carbocycles. The Bertz CT molecular complexity index is 1350. The van der Waals surface area contributed by atoms with Gasteiger partial charge in [0.1, 0.15) is 0 Å². The van der Waals surface area contributed by atoms with Crippen molar-refractivity contribution in [3.63, 3.8) is 0 Å². The number of aliphatic hydroxyl groups is 1. The van der Waals surface area contributed by atoms with Gasteiger partial charge in [-0.3, -0.25) is 9.79 Å². The standard InChI is InChI=1S/C41H54N2O2/c1-4-13-33(14-5-2)15-7-6-8-16-34-20-22-35(23-21-34)37-17-9-10-25-42-26-24-40(32(3)29-37)43-27-11-18-36(19-12-28-43)41(45)38-30-39(44)31-38/h8,10,15-18,20-26,29,38-39,44H,4-7,9,11-14,19,27-28,30-31H2,1-3H3/b16-8+,25-10+,32-29+,36-18-,37-17+,40-24-,42-26-/t38-,39-. The number of hydrogen-bond acceptors (Lipinski definition) is 4. The highest BCUT2D eigenvalue weighted by Gasteiger charge is 2.34. The molecule has 0 saturated heterocycles. The fraction of sp³-hybridized carbons (Fsp3) is 0.463. The van der Waals surface area contributed by atoms with Crippen LogP contribution in [0, 0.1) is 5.92 Å². The summed E-state index contributed by atoms with van der Waals surface area (Å²) in [4.78, 5) is 19.8. The van der Waals surface area contributed by atoms with Gasteiger partial charge in [0.15, 0.2) is 5.78 Å². The van der Waals surface area contributed by atoms with Gasteiger partial charge in [0.05, 0.1) is 6.10 Å². The number of nitrogens with zero attached hydrogens (tertiary/aromatic N) is 2. The average molecular weight is 607 g/mol. The second-order valence-electron chi connectivity index (χ2n) is 12.7. The molecule has 2 heterocycles. The number of ketones is 1. The van der Waals surface area contributed by atoms with Crippen molar-refractivity contribution in [1.82, 2.24) is 4.90 Å². The summed E-state index contributed by atoms with van der Waals surface area (Å²) in [5.74, 6) is 0.280. The number of allylic oxidation sites excluding steroid dienone is 10. The molecule has 0 radical (unpaired) electrons. The average Bonchev–Trinajstić information content (AvgIpc) is 3.04. The first-order chi connectivity index (χ1) is 22.0. The van der Waals surface area contributed by atoms with Crippen LogP contribution in [0.15, 0.2) is 100 Å². The predicted molar refractivity (Wildman–Crippen MR) is 192 cm³/mol. The zero-order valence-electron chi connectivity index (χ0n) is 27.9. The minimum Gasteiger partial charge on any atom is -0.393 e. The number of aliphatic hydroxyl groups excluding tert-OH is 1. The molecule has 1 N–H and O–H groups in total. The maximum Gasteiger partial charge on any atom is 0.161 e.